The molecule has 0 saturated carbocycles. The van der Waals surface area contributed by atoms with Gasteiger partial charge in [-0.25, -0.2) is 4.79 Å². The fourth-order valence-electron chi connectivity index (χ4n) is 0.479. The van der Waals surface area contributed by atoms with Crippen molar-refractivity contribution in [2.24, 2.45) is 0 Å². The molecule has 0 fully saturated rings. The first kappa shape index (κ1) is 11.5. The summed E-state index contributed by atoms with van der Waals surface area (Å²) in [4.78, 5) is 10.8. The number of rotatable bonds is 2. The van der Waals surface area contributed by atoms with E-state index in [1.807, 2.05) is 20.8 Å². The topological polar surface area (TPSA) is 38.3 Å². The van der Waals surface area contributed by atoms with Crippen molar-refractivity contribution < 1.29 is 9.53 Å². The van der Waals surface area contributed by atoms with Gasteiger partial charge in [0.05, 0.1) is 0 Å². The predicted molar refractivity (Wildman–Crippen MR) is 52.3 cm³/mol. The van der Waals surface area contributed by atoms with Crippen LogP contribution in [0, 0.1) is 0 Å². The SMILES string of the molecule is C=CC(Br)NC(=O)OC(C)(C)C. The summed E-state index contributed by atoms with van der Waals surface area (Å²) in [6.45, 7) is 8.92. The van der Waals surface area contributed by atoms with Crippen LogP contribution < -0.4 is 5.32 Å². The van der Waals surface area contributed by atoms with Crippen molar-refractivity contribution in [3.05, 3.63) is 12.7 Å². The van der Waals surface area contributed by atoms with Gasteiger partial charge in [-0.3, -0.25) is 0 Å². The highest BCUT2D eigenvalue weighted by Crippen LogP contribution is 2.07. The Labute approximate surface area is 81.3 Å². The van der Waals surface area contributed by atoms with E-state index in [2.05, 4.69) is 27.8 Å². The van der Waals surface area contributed by atoms with Crippen molar-refractivity contribution in [1.82, 2.24) is 5.32 Å². The summed E-state index contributed by atoms with van der Waals surface area (Å²) in [5.41, 5.74) is -0.460. The molecule has 70 valence electrons. The molecule has 1 atom stereocenters. The lowest BCUT2D eigenvalue weighted by Gasteiger charge is -2.20. The minimum Gasteiger partial charge on any atom is -0.444 e. The number of alkyl carbamates (subject to hydrolysis) is 1. The molecular weight excluding hydrogens is 222 g/mol. The number of amides is 1. The van der Waals surface area contributed by atoms with E-state index in [0.717, 1.165) is 0 Å². The van der Waals surface area contributed by atoms with E-state index in [9.17, 15) is 4.79 Å². The lowest BCUT2D eigenvalue weighted by Crippen LogP contribution is -2.35. The Morgan fingerprint density at radius 3 is 2.50 bits per heavy atom. The Hall–Kier alpha value is -0.510. The van der Waals surface area contributed by atoms with E-state index in [4.69, 9.17) is 4.74 Å². The molecule has 0 aromatic rings. The van der Waals surface area contributed by atoms with Crippen LogP contribution in [0.3, 0.4) is 0 Å². The molecule has 12 heavy (non-hydrogen) atoms. The maximum absolute atomic E-state index is 11.0. The summed E-state index contributed by atoms with van der Waals surface area (Å²) in [7, 11) is 0. The molecule has 0 aliphatic carbocycles. The van der Waals surface area contributed by atoms with E-state index in [1.165, 1.54) is 0 Å². The second-order valence-electron chi connectivity index (χ2n) is 3.28. The minimum atomic E-state index is -0.460. The third kappa shape index (κ3) is 6.22. The van der Waals surface area contributed by atoms with Crippen molar-refractivity contribution in [3.63, 3.8) is 0 Å². The minimum absolute atomic E-state index is 0.243. The summed E-state index contributed by atoms with van der Waals surface area (Å²) >= 11 is 3.15. The smallest absolute Gasteiger partial charge is 0.408 e. The van der Waals surface area contributed by atoms with Gasteiger partial charge in [-0.2, -0.15) is 0 Å². The normalized spacial score (nSPS) is 13.3. The van der Waals surface area contributed by atoms with Crippen LogP contribution in [0.15, 0.2) is 12.7 Å². The summed E-state index contributed by atoms with van der Waals surface area (Å²) in [5, 5.41) is 2.52. The van der Waals surface area contributed by atoms with Gasteiger partial charge in [-0.15, -0.1) is 6.58 Å². The molecule has 0 bridgehead atoms. The molecule has 0 aliphatic heterocycles. The zero-order valence-electron chi connectivity index (χ0n) is 7.56. The standard InChI is InChI=1S/C8H14BrNO2/c1-5-6(9)10-7(11)12-8(2,3)4/h5-6H,1H2,2-4H3,(H,10,11). The first-order chi connectivity index (χ1) is 5.35. The van der Waals surface area contributed by atoms with E-state index < -0.39 is 11.7 Å². The monoisotopic (exact) mass is 235 g/mol. The van der Waals surface area contributed by atoms with Gasteiger partial charge >= 0.3 is 6.09 Å². The summed E-state index contributed by atoms with van der Waals surface area (Å²) in [5.74, 6) is 0. The molecule has 0 radical (unpaired) electrons. The molecule has 0 aromatic heterocycles. The number of alkyl halides is 1. The number of halogens is 1. The highest BCUT2D eigenvalue weighted by atomic mass is 79.9. The summed E-state index contributed by atoms with van der Waals surface area (Å²) < 4.78 is 4.98. The largest absolute Gasteiger partial charge is 0.444 e. The second kappa shape index (κ2) is 4.50. The molecular formula is C8H14BrNO2. The number of hydrogen-bond donors (Lipinski definition) is 1. The van der Waals surface area contributed by atoms with Crippen LogP contribution in [0.25, 0.3) is 0 Å². The first-order valence-electron chi connectivity index (χ1n) is 3.61. The molecule has 0 heterocycles. The Balaban J connectivity index is 3.82. The first-order valence-corrected chi connectivity index (χ1v) is 4.53. The highest BCUT2D eigenvalue weighted by Gasteiger charge is 2.16. The van der Waals surface area contributed by atoms with Gasteiger partial charge in [-0.1, -0.05) is 22.0 Å². The molecule has 0 rings (SSSR count). The van der Waals surface area contributed by atoms with Gasteiger partial charge in [0.2, 0.25) is 0 Å². The lowest BCUT2D eigenvalue weighted by atomic mass is 10.2. The fourth-order valence-corrected chi connectivity index (χ4v) is 0.666. The van der Waals surface area contributed by atoms with Gasteiger partial charge in [0, 0.05) is 0 Å². The van der Waals surface area contributed by atoms with Crippen LogP contribution in [-0.4, -0.2) is 16.6 Å². The van der Waals surface area contributed by atoms with Gasteiger partial charge in [-0.05, 0) is 20.8 Å². The number of carbonyl (C=O) groups excluding carboxylic acids is 1. The van der Waals surface area contributed by atoms with Crippen LogP contribution in [0.4, 0.5) is 4.79 Å². The van der Waals surface area contributed by atoms with Crippen molar-refractivity contribution in [2.45, 2.75) is 31.3 Å². The lowest BCUT2D eigenvalue weighted by molar-refractivity contribution is 0.0530. The third-order valence-electron chi connectivity index (χ3n) is 0.862. The van der Waals surface area contributed by atoms with Crippen molar-refractivity contribution in [3.8, 4) is 0 Å². The number of ether oxygens (including phenoxy) is 1. The quantitative estimate of drug-likeness (QED) is 0.454. The van der Waals surface area contributed by atoms with Crippen LogP contribution in [0.2, 0.25) is 0 Å². The zero-order chi connectivity index (χ0) is 9.78. The summed E-state index contributed by atoms with van der Waals surface area (Å²) in [6.07, 6.45) is 1.11. The molecule has 4 heteroatoms. The molecule has 1 N–H and O–H groups in total. The van der Waals surface area contributed by atoms with Crippen molar-refractivity contribution in [2.75, 3.05) is 0 Å². The number of nitrogens with one attached hydrogen (secondary N) is 1. The fraction of sp³-hybridized carbons (Fsp3) is 0.625. The second-order valence-corrected chi connectivity index (χ2v) is 4.27. The average Bonchev–Trinajstić information content (AvgIpc) is 1.82. The Morgan fingerprint density at radius 1 is 1.67 bits per heavy atom. The van der Waals surface area contributed by atoms with Gasteiger partial charge in [0.25, 0.3) is 0 Å². The van der Waals surface area contributed by atoms with Crippen LogP contribution in [-0.2, 0) is 4.74 Å². The molecule has 0 aromatic carbocycles. The Bertz CT molecular complexity index is 174. The Morgan fingerprint density at radius 2 is 2.17 bits per heavy atom. The zero-order valence-corrected chi connectivity index (χ0v) is 9.14. The highest BCUT2D eigenvalue weighted by molar-refractivity contribution is 9.09. The van der Waals surface area contributed by atoms with Crippen LogP contribution in [0.5, 0.6) is 0 Å². The Kier molecular flexibility index (Phi) is 4.31. The van der Waals surface area contributed by atoms with Crippen LogP contribution >= 0.6 is 15.9 Å². The van der Waals surface area contributed by atoms with E-state index in [1.54, 1.807) is 6.08 Å². The molecule has 3 nitrogen and oxygen atoms in total. The third-order valence-corrected chi connectivity index (χ3v) is 1.46. The summed E-state index contributed by atoms with van der Waals surface area (Å²) in [6, 6.07) is 0. The molecule has 1 amide bonds. The predicted octanol–water partition coefficient (Wildman–Crippen LogP) is 2.42. The molecule has 0 saturated heterocycles. The van der Waals surface area contributed by atoms with E-state index in [0.29, 0.717) is 0 Å². The molecule has 0 aliphatic rings. The number of hydrogen-bond acceptors (Lipinski definition) is 2. The molecule has 1 unspecified atom stereocenters. The van der Waals surface area contributed by atoms with Gasteiger partial charge < -0.3 is 10.1 Å². The van der Waals surface area contributed by atoms with Crippen molar-refractivity contribution in [1.29, 1.82) is 0 Å². The van der Waals surface area contributed by atoms with Gasteiger partial charge in [0.1, 0.15) is 10.6 Å². The number of carbonyl (C=O) groups is 1. The molecule has 0 spiro atoms. The maximum atomic E-state index is 11.0. The van der Waals surface area contributed by atoms with E-state index in [-0.39, 0.29) is 4.95 Å². The van der Waals surface area contributed by atoms with Gasteiger partial charge in [0.15, 0.2) is 0 Å². The average molecular weight is 236 g/mol. The van der Waals surface area contributed by atoms with Crippen molar-refractivity contribution >= 4 is 22.0 Å². The van der Waals surface area contributed by atoms with Crippen LogP contribution in [0.1, 0.15) is 20.8 Å². The van der Waals surface area contributed by atoms with E-state index >= 15 is 0 Å². The maximum Gasteiger partial charge on any atom is 0.408 e.